The van der Waals surface area contributed by atoms with Gasteiger partial charge in [-0.15, -0.1) is 0 Å². The first-order chi connectivity index (χ1) is 9.65. The monoisotopic (exact) mass is 267 g/mol. The van der Waals surface area contributed by atoms with Crippen molar-refractivity contribution in [3.05, 3.63) is 59.5 Å². The molecule has 1 unspecified atom stereocenters. The lowest BCUT2D eigenvalue weighted by Crippen LogP contribution is -2.04. The normalized spacial score (nSPS) is 12.8. The quantitative estimate of drug-likeness (QED) is 0.793. The molecule has 4 heteroatoms. The number of aliphatic hydroxyl groups is 1. The number of aromatic nitrogens is 3. The lowest BCUT2D eigenvalue weighted by atomic mass is 10.0. The fourth-order valence-electron chi connectivity index (χ4n) is 2.42. The van der Waals surface area contributed by atoms with E-state index in [1.54, 1.807) is 6.20 Å². The van der Waals surface area contributed by atoms with Gasteiger partial charge < -0.3 is 5.11 Å². The highest BCUT2D eigenvalue weighted by atomic mass is 16.3. The third kappa shape index (κ3) is 2.30. The maximum absolute atomic E-state index is 10.3. The van der Waals surface area contributed by atoms with Crippen LogP contribution in [0.2, 0.25) is 0 Å². The Kier molecular flexibility index (Phi) is 3.24. The average molecular weight is 267 g/mol. The van der Waals surface area contributed by atoms with E-state index in [9.17, 15) is 5.11 Å². The predicted octanol–water partition coefficient (Wildman–Crippen LogP) is 2.55. The highest BCUT2D eigenvalue weighted by molar-refractivity contribution is 5.81. The summed E-state index contributed by atoms with van der Waals surface area (Å²) in [6.07, 6.45) is 1.64. The van der Waals surface area contributed by atoms with Crippen molar-refractivity contribution in [1.82, 2.24) is 14.8 Å². The van der Waals surface area contributed by atoms with Gasteiger partial charge in [-0.3, -0.25) is 9.67 Å². The lowest BCUT2D eigenvalue weighted by Gasteiger charge is -2.09. The number of rotatable bonds is 3. The van der Waals surface area contributed by atoms with E-state index in [1.807, 2.05) is 55.1 Å². The van der Waals surface area contributed by atoms with Gasteiger partial charge >= 0.3 is 0 Å². The van der Waals surface area contributed by atoms with Crippen molar-refractivity contribution in [3.63, 3.8) is 0 Å². The lowest BCUT2D eigenvalue weighted by molar-refractivity contribution is 0.177. The molecule has 0 bridgehead atoms. The molecule has 0 aliphatic heterocycles. The van der Waals surface area contributed by atoms with Gasteiger partial charge in [0.2, 0.25) is 0 Å². The molecule has 0 aliphatic rings. The molecular weight excluding hydrogens is 250 g/mol. The van der Waals surface area contributed by atoms with Crippen molar-refractivity contribution in [2.24, 2.45) is 7.05 Å². The molecule has 20 heavy (non-hydrogen) atoms. The highest BCUT2D eigenvalue weighted by Gasteiger charge is 2.14. The van der Waals surface area contributed by atoms with Crippen LogP contribution in [0.4, 0.5) is 0 Å². The summed E-state index contributed by atoms with van der Waals surface area (Å²) in [5.74, 6) is 0. The molecule has 4 nitrogen and oxygen atoms in total. The fourth-order valence-corrected chi connectivity index (χ4v) is 2.42. The van der Waals surface area contributed by atoms with Gasteiger partial charge in [0.1, 0.15) is 0 Å². The second-order valence-electron chi connectivity index (χ2n) is 5.04. The zero-order chi connectivity index (χ0) is 14.1. The van der Waals surface area contributed by atoms with Gasteiger partial charge in [-0.05, 0) is 24.6 Å². The van der Waals surface area contributed by atoms with Crippen LogP contribution in [0.3, 0.4) is 0 Å². The van der Waals surface area contributed by atoms with Crippen LogP contribution in [0, 0.1) is 6.92 Å². The minimum absolute atomic E-state index is 0.492. The Morgan fingerprint density at radius 2 is 2.00 bits per heavy atom. The predicted molar refractivity (Wildman–Crippen MR) is 78.4 cm³/mol. The van der Waals surface area contributed by atoms with Crippen molar-refractivity contribution in [2.75, 3.05) is 0 Å². The standard InChI is InChI=1S/C16H17N3O/c1-11-7-8-12(10-17-11)16(20)9-14-13-5-3-4-6-15(13)19(2)18-14/h3-8,10,16,20H,9H2,1-2H3. The van der Waals surface area contributed by atoms with Crippen LogP contribution in [-0.2, 0) is 13.5 Å². The topological polar surface area (TPSA) is 50.9 Å². The summed E-state index contributed by atoms with van der Waals surface area (Å²) in [7, 11) is 1.92. The molecule has 0 saturated heterocycles. The third-order valence-corrected chi connectivity index (χ3v) is 3.54. The summed E-state index contributed by atoms with van der Waals surface area (Å²) >= 11 is 0. The summed E-state index contributed by atoms with van der Waals surface area (Å²) in [4.78, 5) is 4.22. The summed E-state index contributed by atoms with van der Waals surface area (Å²) < 4.78 is 1.85. The van der Waals surface area contributed by atoms with E-state index in [4.69, 9.17) is 0 Å². The number of hydrogen-bond acceptors (Lipinski definition) is 3. The van der Waals surface area contributed by atoms with Gasteiger partial charge in [-0.25, -0.2) is 0 Å². The third-order valence-electron chi connectivity index (χ3n) is 3.54. The largest absolute Gasteiger partial charge is 0.388 e. The minimum atomic E-state index is -0.582. The first kappa shape index (κ1) is 12.8. The Morgan fingerprint density at radius 1 is 1.20 bits per heavy atom. The second kappa shape index (κ2) is 5.06. The molecule has 1 aromatic carbocycles. The number of para-hydroxylation sites is 1. The molecule has 0 aliphatic carbocycles. The van der Waals surface area contributed by atoms with E-state index in [1.165, 1.54) is 0 Å². The summed E-state index contributed by atoms with van der Waals surface area (Å²) in [6, 6.07) is 11.9. The number of nitrogens with zero attached hydrogens (tertiary/aromatic N) is 3. The van der Waals surface area contributed by atoms with Gasteiger partial charge in [0.15, 0.2) is 0 Å². The van der Waals surface area contributed by atoms with E-state index < -0.39 is 6.10 Å². The van der Waals surface area contributed by atoms with Gasteiger partial charge in [0.25, 0.3) is 0 Å². The zero-order valence-corrected chi connectivity index (χ0v) is 11.6. The zero-order valence-electron chi connectivity index (χ0n) is 11.6. The number of hydrogen-bond donors (Lipinski definition) is 1. The van der Waals surface area contributed by atoms with Crippen LogP contribution in [0.1, 0.15) is 23.1 Å². The van der Waals surface area contributed by atoms with E-state index in [2.05, 4.69) is 10.1 Å². The molecule has 2 aromatic heterocycles. The van der Waals surface area contributed by atoms with Crippen LogP contribution >= 0.6 is 0 Å². The first-order valence-electron chi connectivity index (χ1n) is 6.66. The molecule has 0 amide bonds. The highest BCUT2D eigenvalue weighted by Crippen LogP contribution is 2.23. The van der Waals surface area contributed by atoms with Gasteiger partial charge in [-0.2, -0.15) is 5.10 Å². The number of pyridine rings is 1. The fraction of sp³-hybridized carbons (Fsp3) is 0.250. The molecule has 0 radical (unpaired) electrons. The van der Waals surface area contributed by atoms with Crippen LogP contribution in [0.15, 0.2) is 42.6 Å². The Balaban J connectivity index is 1.91. The van der Waals surface area contributed by atoms with Gasteiger partial charge in [0.05, 0.1) is 17.3 Å². The van der Waals surface area contributed by atoms with E-state index in [0.717, 1.165) is 27.9 Å². The molecular formula is C16H17N3O. The van der Waals surface area contributed by atoms with Crippen LogP contribution in [0.5, 0.6) is 0 Å². The molecule has 102 valence electrons. The molecule has 0 spiro atoms. The van der Waals surface area contributed by atoms with Crippen LogP contribution in [0.25, 0.3) is 10.9 Å². The van der Waals surface area contributed by atoms with Gasteiger partial charge in [0, 0.05) is 30.7 Å². The number of aryl methyl sites for hydroxylation is 2. The smallest absolute Gasteiger partial charge is 0.0861 e. The van der Waals surface area contributed by atoms with Gasteiger partial charge in [-0.1, -0.05) is 24.3 Å². The Hall–Kier alpha value is -2.20. The van der Waals surface area contributed by atoms with Crippen LogP contribution < -0.4 is 0 Å². The molecule has 3 aromatic rings. The van der Waals surface area contributed by atoms with Crippen molar-refractivity contribution < 1.29 is 5.11 Å². The molecule has 0 saturated carbocycles. The molecule has 1 N–H and O–H groups in total. The first-order valence-corrected chi connectivity index (χ1v) is 6.66. The molecule has 0 fully saturated rings. The summed E-state index contributed by atoms with van der Waals surface area (Å²) in [5, 5.41) is 15.9. The van der Waals surface area contributed by atoms with E-state index in [0.29, 0.717) is 6.42 Å². The maximum atomic E-state index is 10.3. The molecule has 2 heterocycles. The molecule has 3 rings (SSSR count). The van der Waals surface area contributed by atoms with Crippen molar-refractivity contribution >= 4 is 10.9 Å². The number of fused-ring (bicyclic) bond motifs is 1. The number of benzene rings is 1. The summed E-state index contributed by atoms with van der Waals surface area (Å²) in [5.41, 5.74) is 3.77. The van der Waals surface area contributed by atoms with Crippen molar-refractivity contribution in [1.29, 1.82) is 0 Å². The second-order valence-corrected chi connectivity index (χ2v) is 5.04. The Morgan fingerprint density at radius 3 is 2.75 bits per heavy atom. The van der Waals surface area contributed by atoms with Crippen molar-refractivity contribution in [3.8, 4) is 0 Å². The van der Waals surface area contributed by atoms with E-state index >= 15 is 0 Å². The minimum Gasteiger partial charge on any atom is -0.388 e. The Bertz CT molecular complexity index is 731. The van der Waals surface area contributed by atoms with E-state index in [-0.39, 0.29) is 0 Å². The Labute approximate surface area is 117 Å². The number of aliphatic hydroxyl groups excluding tert-OH is 1. The van der Waals surface area contributed by atoms with Crippen LogP contribution in [-0.4, -0.2) is 19.9 Å². The SMILES string of the molecule is Cc1ccc(C(O)Cc2nn(C)c3ccccc23)cn1. The average Bonchev–Trinajstić information content (AvgIpc) is 2.77. The molecule has 1 atom stereocenters. The summed E-state index contributed by atoms with van der Waals surface area (Å²) in [6.45, 7) is 1.93. The maximum Gasteiger partial charge on any atom is 0.0861 e. The van der Waals surface area contributed by atoms with Crippen molar-refractivity contribution in [2.45, 2.75) is 19.4 Å².